The zero-order valence-electron chi connectivity index (χ0n) is 11.2. The molecular weight excluding hydrogens is 258 g/mol. The molecule has 0 radical (unpaired) electrons. The summed E-state index contributed by atoms with van der Waals surface area (Å²) in [5.74, 6) is 1.50. The molecule has 104 valence electrons. The summed E-state index contributed by atoms with van der Waals surface area (Å²) in [6.45, 7) is 3.71. The molecule has 1 aliphatic rings. The Kier molecular flexibility index (Phi) is 3.32. The monoisotopic (exact) mass is 273 g/mol. The zero-order valence-corrected chi connectivity index (χ0v) is 11.2. The first kappa shape index (κ1) is 12.6. The molecule has 0 unspecified atom stereocenters. The lowest BCUT2D eigenvalue weighted by atomic mass is 10.3. The molecule has 0 aromatic carbocycles. The molecule has 0 atom stereocenters. The minimum absolute atomic E-state index is 0.318. The molecular formula is C13H15N5O2. The molecule has 1 aliphatic heterocycles. The van der Waals surface area contributed by atoms with Crippen LogP contribution < -0.4 is 10.2 Å². The minimum Gasteiger partial charge on any atom is -0.360 e. The van der Waals surface area contributed by atoms with Gasteiger partial charge in [0.15, 0.2) is 5.82 Å². The van der Waals surface area contributed by atoms with E-state index in [1.807, 2.05) is 0 Å². The van der Waals surface area contributed by atoms with Gasteiger partial charge in [-0.25, -0.2) is 9.97 Å². The third kappa shape index (κ3) is 2.61. The van der Waals surface area contributed by atoms with Crippen LogP contribution in [0.3, 0.4) is 0 Å². The lowest BCUT2D eigenvalue weighted by molar-refractivity contribution is 0.102. The highest BCUT2D eigenvalue weighted by molar-refractivity contribution is 6.02. The molecule has 2 aromatic heterocycles. The Balaban J connectivity index is 1.75. The van der Waals surface area contributed by atoms with Gasteiger partial charge in [-0.05, 0) is 19.8 Å². The summed E-state index contributed by atoms with van der Waals surface area (Å²) in [5, 5.41) is 6.36. The van der Waals surface area contributed by atoms with Crippen LogP contribution in [0.15, 0.2) is 23.0 Å². The van der Waals surface area contributed by atoms with Crippen molar-refractivity contribution < 1.29 is 9.32 Å². The Morgan fingerprint density at radius 2 is 2.10 bits per heavy atom. The van der Waals surface area contributed by atoms with E-state index in [9.17, 15) is 4.79 Å². The van der Waals surface area contributed by atoms with E-state index < -0.39 is 0 Å². The van der Waals surface area contributed by atoms with Crippen LogP contribution in [0.1, 0.15) is 29.1 Å². The van der Waals surface area contributed by atoms with E-state index in [-0.39, 0.29) is 5.91 Å². The molecule has 1 N–H and O–H groups in total. The SMILES string of the molecule is Cc1cc(NC(=O)c2cc(N3CCCC3)ncn2)no1. The van der Waals surface area contributed by atoms with Crippen molar-refractivity contribution in [3.05, 3.63) is 29.9 Å². The highest BCUT2D eigenvalue weighted by atomic mass is 16.5. The molecule has 7 heteroatoms. The summed E-state index contributed by atoms with van der Waals surface area (Å²) in [6, 6.07) is 3.36. The van der Waals surface area contributed by atoms with Crippen LogP contribution in [-0.2, 0) is 0 Å². The molecule has 0 spiro atoms. The number of carbonyl (C=O) groups is 1. The summed E-state index contributed by atoms with van der Waals surface area (Å²) >= 11 is 0. The van der Waals surface area contributed by atoms with Crippen molar-refractivity contribution >= 4 is 17.5 Å². The summed E-state index contributed by atoms with van der Waals surface area (Å²) in [5.41, 5.74) is 0.322. The van der Waals surface area contributed by atoms with E-state index in [2.05, 4.69) is 25.3 Å². The first-order valence-corrected chi connectivity index (χ1v) is 6.54. The fraction of sp³-hybridized carbons (Fsp3) is 0.385. The van der Waals surface area contributed by atoms with Crippen molar-refractivity contribution in [1.82, 2.24) is 15.1 Å². The lowest BCUT2D eigenvalue weighted by Crippen LogP contribution is -2.21. The predicted octanol–water partition coefficient (Wildman–Crippen LogP) is 1.63. The largest absolute Gasteiger partial charge is 0.360 e. The maximum atomic E-state index is 12.1. The number of aryl methyl sites for hydroxylation is 1. The number of hydrogen-bond donors (Lipinski definition) is 1. The minimum atomic E-state index is -0.318. The maximum absolute atomic E-state index is 12.1. The Bertz CT molecular complexity index is 619. The van der Waals surface area contributed by atoms with Gasteiger partial charge >= 0.3 is 0 Å². The van der Waals surface area contributed by atoms with Gasteiger partial charge < -0.3 is 14.7 Å². The Hall–Kier alpha value is -2.44. The standard InChI is InChI=1S/C13H15N5O2/c1-9-6-11(17-20-9)16-13(19)10-7-12(15-8-14-10)18-4-2-3-5-18/h6-8H,2-5H2,1H3,(H,16,17,19). The third-order valence-corrected chi connectivity index (χ3v) is 3.18. The number of hydrogen-bond acceptors (Lipinski definition) is 6. The van der Waals surface area contributed by atoms with Crippen molar-refractivity contribution in [3.63, 3.8) is 0 Å². The molecule has 1 fully saturated rings. The number of rotatable bonds is 3. The van der Waals surface area contributed by atoms with Crippen molar-refractivity contribution in [3.8, 4) is 0 Å². The van der Waals surface area contributed by atoms with Crippen molar-refractivity contribution in [2.75, 3.05) is 23.3 Å². The predicted molar refractivity (Wildman–Crippen MR) is 72.7 cm³/mol. The van der Waals surface area contributed by atoms with E-state index in [0.717, 1.165) is 31.7 Å². The second kappa shape index (κ2) is 5.28. The quantitative estimate of drug-likeness (QED) is 0.914. The molecule has 7 nitrogen and oxygen atoms in total. The first-order valence-electron chi connectivity index (χ1n) is 6.54. The molecule has 0 aliphatic carbocycles. The molecule has 1 saturated heterocycles. The van der Waals surface area contributed by atoms with Gasteiger partial charge in [-0.2, -0.15) is 0 Å². The fourth-order valence-corrected chi connectivity index (χ4v) is 2.20. The van der Waals surface area contributed by atoms with Crippen molar-refractivity contribution in [2.24, 2.45) is 0 Å². The molecule has 1 amide bonds. The van der Waals surface area contributed by atoms with Gasteiger partial charge in [0, 0.05) is 25.2 Å². The van der Waals surface area contributed by atoms with E-state index in [0.29, 0.717) is 17.3 Å². The van der Waals surface area contributed by atoms with Crippen LogP contribution in [0.5, 0.6) is 0 Å². The lowest BCUT2D eigenvalue weighted by Gasteiger charge is -2.16. The van der Waals surface area contributed by atoms with Gasteiger partial charge in [0.1, 0.15) is 23.6 Å². The second-order valence-corrected chi connectivity index (χ2v) is 4.73. The summed E-state index contributed by atoms with van der Waals surface area (Å²) < 4.78 is 4.90. The second-order valence-electron chi connectivity index (χ2n) is 4.73. The number of carbonyl (C=O) groups excluding carboxylic acids is 1. The average molecular weight is 273 g/mol. The van der Waals surface area contributed by atoms with Crippen molar-refractivity contribution in [1.29, 1.82) is 0 Å². The van der Waals surface area contributed by atoms with Crippen LogP contribution in [0.25, 0.3) is 0 Å². The van der Waals surface area contributed by atoms with Gasteiger partial charge in [0.25, 0.3) is 5.91 Å². The Morgan fingerprint density at radius 1 is 1.30 bits per heavy atom. The van der Waals surface area contributed by atoms with Crippen LogP contribution >= 0.6 is 0 Å². The van der Waals surface area contributed by atoms with E-state index in [1.54, 1.807) is 19.1 Å². The highest BCUT2D eigenvalue weighted by Crippen LogP contribution is 2.18. The van der Waals surface area contributed by atoms with E-state index in [1.165, 1.54) is 6.33 Å². The normalized spacial score (nSPS) is 14.6. The number of nitrogens with zero attached hydrogens (tertiary/aromatic N) is 4. The molecule has 3 heterocycles. The number of nitrogens with one attached hydrogen (secondary N) is 1. The maximum Gasteiger partial charge on any atom is 0.275 e. The zero-order chi connectivity index (χ0) is 13.9. The van der Waals surface area contributed by atoms with Crippen LogP contribution in [0.4, 0.5) is 11.6 Å². The smallest absolute Gasteiger partial charge is 0.275 e. The third-order valence-electron chi connectivity index (χ3n) is 3.18. The van der Waals surface area contributed by atoms with Gasteiger partial charge in [-0.15, -0.1) is 0 Å². The molecule has 3 rings (SSSR count). The average Bonchev–Trinajstić information content (AvgIpc) is 3.11. The van der Waals surface area contributed by atoms with Gasteiger partial charge in [0.2, 0.25) is 0 Å². The highest BCUT2D eigenvalue weighted by Gasteiger charge is 2.16. The van der Waals surface area contributed by atoms with Crippen molar-refractivity contribution in [2.45, 2.75) is 19.8 Å². The molecule has 0 bridgehead atoms. The Morgan fingerprint density at radius 3 is 2.80 bits per heavy atom. The van der Waals surface area contributed by atoms with Gasteiger partial charge in [-0.1, -0.05) is 5.16 Å². The summed E-state index contributed by atoms with van der Waals surface area (Å²) in [7, 11) is 0. The summed E-state index contributed by atoms with van der Waals surface area (Å²) in [4.78, 5) is 22.5. The number of anilines is 2. The van der Waals surface area contributed by atoms with Crippen LogP contribution in [-0.4, -0.2) is 34.1 Å². The number of amides is 1. The topological polar surface area (TPSA) is 84.2 Å². The van der Waals surface area contributed by atoms with Crippen LogP contribution in [0.2, 0.25) is 0 Å². The van der Waals surface area contributed by atoms with E-state index >= 15 is 0 Å². The van der Waals surface area contributed by atoms with Gasteiger partial charge in [0.05, 0.1) is 0 Å². The number of aromatic nitrogens is 3. The Labute approximate surface area is 116 Å². The molecule has 2 aromatic rings. The first-order chi connectivity index (χ1) is 9.72. The molecule has 20 heavy (non-hydrogen) atoms. The fourth-order valence-electron chi connectivity index (χ4n) is 2.20. The van der Waals surface area contributed by atoms with Crippen LogP contribution in [0, 0.1) is 6.92 Å². The molecule has 0 saturated carbocycles. The van der Waals surface area contributed by atoms with E-state index in [4.69, 9.17) is 4.52 Å². The summed E-state index contributed by atoms with van der Waals surface area (Å²) in [6.07, 6.45) is 3.73. The van der Waals surface area contributed by atoms with Gasteiger partial charge in [-0.3, -0.25) is 4.79 Å².